The van der Waals surface area contributed by atoms with Gasteiger partial charge in [-0.1, -0.05) is 60.7 Å². The van der Waals surface area contributed by atoms with E-state index in [4.69, 9.17) is 9.47 Å². The first-order valence-corrected chi connectivity index (χ1v) is 11.2. The molecule has 33 heavy (non-hydrogen) atoms. The second-order valence-corrected chi connectivity index (χ2v) is 8.51. The Morgan fingerprint density at radius 3 is 1.61 bits per heavy atom. The van der Waals surface area contributed by atoms with Crippen LogP contribution >= 0.6 is 0 Å². The summed E-state index contributed by atoms with van der Waals surface area (Å²) in [6.07, 6.45) is 0.982. The Bertz CT molecular complexity index is 1480. The number of rotatable bonds is 4. The molecule has 0 amide bonds. The summed E-state index contributed by atoms with van der Waals surface area (Å²) in [5.41, 5.74) is 10.3. The molecule has 0 radical (unpaired) electrons. The van der Waals surface area contributed by atoms with E-state index in [2.05, 4.69) is 72.8 Å². The third-order valence-electron chi connectivity index (χ3n) is 6.73. The van der Waals surface area contributed by atoms with Crippen LogP contribution in [0.1, 0.15) is 11.1 Å². The molecular formula is C31H24O2. The van der Waals surface area contributed by atoms with Gasteiger partial charge >= 0.3 is 0 Å². The minimum Gasteiger partial charge on any atom is -0.497 e. The average Bonchev–Trinajstić information content (AvgIpc) is 3.24. The Balaban J connectivity index is 1.61. The number of fused-ring (bicyclic) bond motifs is 4. The Morgan fingerprint density at radius 2 is 1.03 bits per heavy atom. The smallest absolute Gasteiger partial charge is 0.118 e. The molecular weight excluding hydrogens is 404 g/mol. The van der Waals surface area contributed by atoms with Gasteiger partial charge < -0.3 is 9.47 Å². The molecule has 0 heterocycles. The molecule has 0 unspecified atom stereocenters. The molecule has 0 saturated heterocycles. The number of ether oxygens (including phenoxy) is 2. The predicted octanol–water partition coefficient (Wildman–Crippen LogP) is 7.76. The maximum Gasteiger partial charge on any atom is 0.118 e. The van der Waals surface area contributed by atoms with Gasteiger partial charge in [0.15, 0.2) is 0 Å². The summed E-state index contributed by atoms with van der Waals surface area (Å²) in [6, 6.07) is 34.7. The van der Waals surface area contributed by atoms with Crippen molar-refractivity contribution in [3.8, 4) is 44.9 Å². The highest BCUT2D eigenvalue weighted by atomic mass is 16.5. The Morgan fingerprint density at radius 1 is 0.485 bits per heavy atom. The van der Waals surface area contributed by atoms with Crippen molar-refractivity contribution in [3.63, 3.8) is 0 Å². The fourth-order valence-electron chi connectivity index (χ4n) is 5.02. The summed E-state index contributed by atoms with van der Waals surface area (Å²) < 4.78 is 10.8. The first-order valence-electron chi connectivity index (χ1n) is 11.2. The van der Waals surface area contributed by atoms with E-state index in [0.29, 0.717) is 0 Å². The Kier molecular flexibility index (Phi) is 4.66. The summed E-state index contributed by atoms with van der Waals surface area (Å²) in [5, 5.41) is 2.55. The van der Waals surface area contributed by atoms with Crippen molar-refractivity contribution in [2.24, 2.45) is 0 Å². The highest BCUT2D eigenvalue weighted by molar-refractivity contribution is 6.07. The number of benzene rings is 5. The lowest BCUT2D eigenvalue weighted by molar-refractivity contribution is 0.415. The molecule has 5 aromatic rings. The average molecular weight is 429 g/mol. The molecule has 6 rings (SSSR count). The lowest BCUT2D eigenvalue weighted by Crippen LogP contribution is -1.90. The van der Waals surface area contributed by atoms with Gasteiger partial charge in [0, 0.05) is 0 Å². The fraction of sp³-hybridized carbons (Fsp3) is 0.0968. The van der Waals surface area contributed by atoms with Crippen LogP contribution in [0.25, 0.3) is 44.2 Å². The first kappa shape index (κ1) is 19.6. The molecule has 0 saturated carbocycles. The molecule has 5 aromatic carbocycles. The molecule has 1 aliphatic carbocycles. The van der Waals surface area contributed by atoms with E-state index in [0.717, 1.165) is 17.9 Å². The third kappa shape index (κ3) is 3.27. The zero-order chi connectivity index (χ0) is 22.4. The van der Waals surface area contributed by atoms with Gasteiger partial charge in [0.25, 0.3) is 0 Å². The molecule has 0 atom stereocenters. The van der Waals surface area contributed by atoms with Gasteiger partial charge in [-0.15, -0.1) is 0 Å². The molecule has 0 aliphatic heterocycles. The lowest BCUT2D eigenvalue weighted by atomic mass is 9.89. The number of hydrogen-bond donors (Lipinski definition) is 0. The third-order valence-corrected chi connectivity index (χ3v) is 6.73. The maximum absolute atomic E-state index is 5.38. The summed E-state index contributed by atoms with van der Waals surface area (Å²) in [5.74, 6) is 1.74. The van der Waals surface area contributed by atoms with Crippen molar-refractivity contribution in [1.82, 2.24) is 0 Å². The molecule has 160 valence electrons. The van der Waals surface area contributed by atoms with Crippen LogP contribution in [0.3, 0.4) is 0 Å². The molecule has 0 bridgehead atoms. The molecule has 0 fully saturated rings. The molecule has 1 aliphatic rings. The van der Waals surface area contributed by atoms with Crippen LogP contribution < -0.4 is 9.47 Å². The van der Waals surface area contributed by atoms with Gasteiger partial charge in [0.2, 0.25) is 0 Å². The largest absolute Gasteiger partial charge is 0.497 e. The van der Waals surface area contributed by atoms with E-state index < -0.39 is 0 Å². The standard InChI is InChI=1S/C31H24O2/c1-32-24-11-7-20(8-12-24)27-15-16-28(21-9-13-25(33-2)14-10-21)31-19-29-23(18-30(27)31)17-22-5-3-4-6-26(22)29/h3-16,18-19H,17H2,1-2H3. The first-order chi connectivity index (χ1) is 16.2. The van der Waals surface area contributed by atoms with Crippen LogP contribution in [0.2, 0.25) is 0 Å². The SMILES string of the molecule is COc1ccc(-c2ccc(-c3ccc(OC)cc3)c3cc4c(cc23)Cc2ccccc2-4)cc1. The fourth-order valence-corrected chi connectivity index (χ4v) is 5.02. The van der Waals surface area contributed by atoms with Crippen molar-refractivity contribution < 1.29 is 9.47 Å². The lowest BCUT2D eigenvalue weighted by Gasteiger charge is -2.15. The van der Waals surface area contributed by atoms with Gasteiger partial charge in [-0.2, -0.15) is 0 Å². The molecule has 2 nitrogen and oxygen atoms in total. The van der Waals surface area contributed by atoms with Crippen LogP contribution in [0.4, 0.5) is 0 Å². The quantitative estimate of drug-likeness (QED) is 0.286. The highest BCUT2D eigenvalue weighted by Gasteiger charge is 2.21. The van der Waals surface area contributed by atoms with Crippen molar-refractivity contribution in [2.45, 2.75) is 6.42 Å². The van der Waals surface area contributed by atoms with Gasteiger partial charge in [-0.3, -0.25) is 0 Å². The molecule has 2 heteroatoms. The summed E-state index contributed by atoms with van der Waals surface area (Å²) in [6.45, 7) is 0. The van der Waals surface area contributed by atoms with Gasteiger partial charge in [0.1, 0.15) is 11.5 Å². The van der Waals surface area contributed by atoms with Crippen molar-refractivity contribution in [1.29, 1.82) is 0 Å². The van der Waals surface area contributed by atoms with E-state index >= 15 is 0 Å². The Hall–Kier alpha value is -4.04. The maximum atomic E-state index is 5.38. The van der Waals surface area contributed by atoms with Crippen LogP contribution in [-0.4, -0.2) is 14.2 Å². The molecule has 0 N–H and O–H groups in total. The molecule has 0 spiro atoms. The van der Waals surface area contributed by atoms with Gasteiger partial charge in [-0.05, 0) is 98.1 Å². The second-order valence-electron chi connectivity index (χ2n) is 8.51. The van der Waals surface area contributed by atoms with Crippen molar-refractivity contribution >= 4 is 10.8 Å². The molecule has 0 aromatic heterocycles. The van der Waals surface area contributed by atoms with Crippen LogP contribution in [0.5, 0.6) is 11.5 Å². The highest BCUT2D eigenvalue weighted by Crippen LogP contribution is 2.44. The van der Waals surface area contributed by atoms with Crippen LogP contribution in [-0.2, 0) is 6.42 Å². The normalized spacial score (nSPS) is 11.8. The monoisotopic (exact) mass is 428 g/mol. The van der Waals surface area contributed by atoms with Gasteiger partial charge in [-0.25, -0.2) is 0 Å². The second kappa shape index (κ2) is 7.83. The van der Waals surface area contributed by atoms with E-state index in [1.54, 1.807) is 14.2 Å². The van der Waals surface area contributed by atoms with Crippen molar-refractivity contribution in [2.75, 3.05) is 14.2 Å². The predicted molar refractivity (Wildman–Crippen MR) is 136 cm³/mol. The summed E-state index contributed by atoms with van der Waals surface area (Å²) >= 11 is 0. The zero-order valence-electron chi connectivity index (χ0n) is 18.8. The van der Waals surface area contributed by atoms with E-state index in [-0.39, 0.29) is 0 Å². The van der Waals surface area contributed by atoms with E-state index in [1.165, 1.54) is 55.3 Å². The Labute approximate surface area is 194 Å². The number of methoxy groups -OCH3 is 2. The number of hydrogen-bond acceptors (Lipinski definition) is 2. The van der Waals surface area contributed by atoms with Crippen LogP contribution in [0.15, 0.2) is 97.1 Å². The summed E-state index contributed by atoms with van der Waals surface area (Å²) in [7, 11) is 3.41. The zero-order valence-corrected chi connectivity index (χ0v) is 18.8. The van der Waals surface area contributed by atoms with Crippen LogP contribution in [0, 0.1) is 0 Å². The minimum absolute atomic E-state index is 0.868. The van der Waals surface area contributed by atoms with Gasteiger partial charge in [0.05, 0.1) is 14.2 Å². The topological polar surface area (TPSA) is 18.5 Å². The van der Waals surface area contributed by atoms with Crippen molar-refractivity contribution in [3.05, 3.63) is 108 Å². The van der Waals surface area contributed by atoms with E-state index in [9.17, 15) is 0 Å². The minimum atomic E-state index is 0.868. The van der Waals surface area contributed by atoms with E-state index in [1.807, 2.05) is 24.3 Å². The summed E-state index contributed by atoms with van der Waals surface area (Å²) in [4.78, 5) is 0.